The predicted molar refractivity (Wildman–Crippen MR) is 73.4 cm³/mol. The number of nitrogens with two attached hydrogens (primary N) is 1. The lowest BCUT2D eigenvalue weighted by molar-refractivity contribution is -0.122. The van der Waals surface area contributed by atoms with Gasteiger partial charge in [0, 0.05) is 11.0 Å². The first-order chi connectivity index (χ1) is 8.21. The van der Waals surface area contributed by atoms with Crippen LogP contribution in [0.3, 0.4) is 0 Å². The Labute approximate surface area is 115 Å². The predicted octanol–water partition coefficient (Wildman–Crippen LogP) is 2.58. The summed E-state index contributed by atoms with van der Waals surface area (Å²) in [7, 11) is 0. The third-order valence-electron chi connectivity index (χ3n) is 2.65. The van der Waals surface area contributed by atoms with Gasteiger partial charge in [0.2, 0.25) is 5.91 Å². The van der Waals surface area contributed by atoms with Gasteiger partial charge in [-0.1, -0.05) is 36.7 Å². The van der Waals surface area contributed by atoms with Crippen LogP contribution < -0.4 is 11.1 Å². The second-order valence-electron chi connectivity index (χ2n) is 5.32. The summed E-state index contributed by atoms with van der Waals surface area (Å²) in [5, 5.41) is 3.07. The summed E-state index contributed by atoms with van der Waals surface area (Å²) in [5.74, 6) is -0.712. The van der Waals surface area contributed by atoms with Crippen molar-refractivity contribution < 1.29 is 9.18 Å². The quantitative estimate of drug-likeness (QED) is 0.897. The maximum atomic E-state index is 13.1. The summed E-state index contributed by atoms with van der Waals surface area (Å²) in [4.78, 5) is 11.4. The number of hydrogen-bond acceptors (Lipinski definition) is 2. The van der Waals surface area contributed by atoms with Crippen molar-refractivity contribution in [3.8, 4) is 0 Å². The van der Waals surface area contributed by atoms with Crippen molar-refractivity contribution in [1.82, 2.24) is 5.32 Å². The maximum absolute atomic E-state index is 13.1. The van der Waals surface area contributed by atoms with Crippen LogP contribution in [0, 0.1) is 11.2 Å². The van der Waals surface area contributed by atoms with Crippen molar-refractivity contribution in [1.29, 1.82) is 0 Å². The van der Waals surface area contributed by atoms with Crippen LogP contribution in [-0.4, -0.2) is 11.9 Å². The van der Waals surface area contributed by atoms with Gasteiger partial charge in [-0.25, -0.2) is 4.39 Å². The molecule has 0 fully saturated rings. The van der Waals surface area contributed by atoms with Crippen molar-refractivity contribution >= 4 is 21.8 Å². The third kappa shape index (κ3) is 4.07. The van der Waals surface area contributed by atoms with Crippen LogP contribution in [0.15, 0.2) is 22.7 Å². The average Bonchev–Trinajstić information content (AvgIpc) is 2.20. The summed E-state index contributed by atoms with van der Waals surface area (Å²) in [5.41, 5.74) is 5.84. The minimum atomic E-state index is -0.465. The first-order valence-corrected chi connectivity index (χ1v) is 6.47. The average molecular weight is 317 g/mol. The normalized spacial score (nSPS) is 13.4. The summed E-state index contributed by atoms with van der Waals surface area (Å²) < 4.78 is 13.9. The molecule has 0 spiro atoms. The Bertz CT molecular complexity index is 443. The Hall–Kier alpha value is -0.940. The highest BCUT2D eigenvalue weighted by Crippen LogP contribution is 2.21. The molecule has 18 heavy (non-hydrogen) atoms. The molecule has 0 bridgehead atoms. The number of primary amides is 1. The van der Waals surface area contributed by atoms with Gasteiger partial charge < -0.3 is 11.1 Å². The number of nitrogens with one attached hydrogen (secondary N) is 1. The minimum Gasteiger partial charge on any atom is -0.368 e. The lowest BCUT2D eigenvalue weighted by atomic mass is 9.86. The van der Waals surface area contributed by atoms with E-state index in [1.54, 1.807) is 6.07 Å². The van der Waals surface area contributed by atoms with Crippen molar-refractivity contribution in [2.24, 2.45) is 11.1 Å². The SMILES string of the molecule is CC(C)(C)C(NCc1cc(F)ccc1Br)C(N)=O. The molecule has 1 unspecified atom stereocenters. The largest absolute Gasteiger partial charge is 0.368 e. The molecule has 0 aliphatic heterocycles. The summed E-state index contributed by atoms with van der Waals surface area (Å²) in [6.07, 6.45) is 0. The van der Waals surface area contributed by atoms with E-state index in [2.05, 4.69) is 21.2 Å². The molecule has 1 aromatic rings. The van der Waals surface area contributed by atoms with Gasteiger partial charge in [0.1, 0.15) is 5.82 Å². The number of rotatable bonds is 4. The van der Waals surface area contributed by atoms with Crippen LogP contribution in [0.25, 0.3) is 0 Å². The molecule has 5 heteroatoms. The molecule has 1 atom stereocenters. The Morgan fingerprint density at radius 2 is 2.11 bits per heavy atom. The molecule has 0 heterocycles. The zero-order valence-electron chi connectivity index (χ0n) is 10.8. The van der Waals surface area contributed by atoms with E-state index < -0.39 is 11.9 Å². The van der Waals surface area contributed by atoms with E-state index in [0.29, 0.717) is 6.54 Å². The van der Waals surface area contributed by atoms with Crippen LogP contribution in [0.5, 0.6) is 0 Å². The fourth-order valence-electron chi connectivity index (χ4n) is 1.72. The summed E-state index contributed by atoms with van der Waals surface area (Å²) >= 11 is 3.35. The fourth-order valence-corrected chi connectivity index (χ4v) is 2.11. The van der Waals surface area contributed by atoms with Crippen molar-refractivity contribution in [3.05, 3.63) is 34.1 Å². The standard InChI is InChI=1S/C13H18BrFN2O/c1-13(2,3)11(12(16)18)17-7-8-6-9(15)4-5-10(8)14/h4-6,11,17H,7H2,1-3H3,(H2,16,18). The zero-order valence-corrected chi connectivity index (χ0v) is 12.3. The van der Waals surface area contributed by atoms with E-state index in [1.165, 1.54) is 12.1 Å². The van der Waals surface area contributed by atoms with Gasteiger partial charge in [-0.3, -0.25) is 4.79 Å². The molecular weight excluding hydrogens is 299 g/mol. The molecule has 0 aromatic heterocycles. The van der Waals surface area contributed by atoms with Gasteiger partial charge in [-0.15, -0.1) is 0 Å². The van der Waals surface area contributed by atoms with Gasteiger partial charge in [0.15, 0.2) is 0 Å². The van der Waals surface area contributed by atoms with E-state index in [9.17, 15) is 9.18 Å². The smallest absolute Gasteiger partial charge is 0.235 e. The number of halogens is 2. The molecule has 3 N–H and O–H groups in total. The Kier molecular flexibility index (Phi) is 4.87. The second kappa shape index (κ2) is 5.80. The maximum Gasteiger partial charge on any atom is 0.235 e. The number of carbonyl (C=O) groups excluding carboxylic acids is 1. The molecule has 0 aliphatic rings. The van der Waals surface area contributed by atoms with Crippen molar-refractivity contribution in [2.45, 2.75) is 33.4 Å². The van der Waals surface area contributed by atoms with Gasteiger partial charge in [0.05, 0.1) is 6.04 Å². The molecule has 1 amide bonds. The van der Waals surface area contributed by atoms with Gasteiger partial charge in [0.25, 0.3) is 0 Å². The lowest BCUT2D eigenvalue weighted by Gasteiger charge is -2.29. The monoisotopic (exact) mass is 316 g/mol. The minimum absolute atomic E-state index is 0.286. The third-order valence-corrected chi connectivity index (χ3v) is 3.43. The molecule has 0 aliphatic carbocycles. The highest BCUT2D eigenvalue weighted by molar-refractivity contribution is 9.10. The van der Waals surface area contributed by atoms with Crippen LogP contribution in [0.2, 0.25) is 0 Å². The Balaban J connectivity index is 2.79. The highest BCUT2D eigenvalue weighted by atomic mass is 79.9. The van der Waals surface area contributed by atoms with Crippen molar-refractivity contribution in [3.63, 3.8) is 0 Å². The molecule has 1 rings (SSSR count). The van der Waals surface area contributed by atoms with Crippen LogP contribution in [0.1, 0.15) is 26.3 Å². The Morgan fingerprint density at radius 1 is 1.50 bits per heavy atom. The number of carbonyl (C=O) groups is 1. The van der Waals surface area contributed by atoms with Crippen molar-refractivity contribution in [2.75, 3.05) is 0 Å². The molecule has 0 saturated carbocycles. The van der Waals surface area contributed by atoms with E-state index in [0.717, 1.165) is 10.0 Å². The number of hydrogen-bond donors (Lipinski definition) is 2. The molecule has 1 aromatic carbocycles. The topological polar surface area (TPSA) is 55.1 Å². The van der Waals surface area contributed by atoms with E-state index in [-0.39, 0.29) is 11.2 Å². The molecular formula is C13H18BrFN2O. The van der Waals surface area contributed by atoms with Gasteiger partial charge in [-0.05, 0) is 29.2 Å². The van der Waals surface area contributed by atoms with Gasteiger partial charge in [-0.2, -0.15) is 0 Å². The lowest BCUT2D eigenvalue weighted by Crippen LogP contribution is -2.49. The van der Waals surface area contributed by atoms with E-state index >= 15 is 0 Å². The van der Waals surface area contributed by atoms with Gasteiger partial charge >= 0.3 is 0 Å². The Morgan fingerprint density at radius 3 is 2.61 bits per heavy atom. The second-order valence-corrected chi connectivity index (χ2v) is 6.17. The molecule has 0 radical (unpaired) electrons. The van der Waals surface area contributed by atoms with Crippen LogP contribution in [-0.2, 0) is 11.3 Å². The van der Waals surface area contributed by atoms with Crippen LogP contribution >= 0.6 is 15.9 Å². The highest BCUT2D eigenvalue weighted by Gasteiger charge is 2.29. The zero-order chi connectivity index (χ0) is 13.9. The summed E-state index contributed by atoms with van der Waals surface area (Å²) in [6.45, 7) is 6.16. The first kappa shape index (κ1) is 15.1. The first-order valence-electron chi connectivity index (χ1n) is 5.68. The molecule has 100 valence electrons. The van der Waals surface area contributed by atoms with E-state index in [4.69, 9.17) is 5.73 Å². The molecule has 0 saturated heterocycles. The molecule has 3 nitrogen and oxygen atoms in total. The number of amides is 1. The number of benzene rings is 1. The van der Waals surface area contributed by atoms with E-state index in [1.807, 2.05) is 20.8 Å². The fraction of sp³-hybridized carbons (Fsp3) is 0.462. The van der Waals surface area contributed by atoms with Crippen LogP contribution in [0.4, 0.5) is 4.39 Å². The summed E-state index contributed by atoms with van der Waals surface area (Å²) in [6, 6.07) is 3.98.